The average molecular weight is 370 g/mol. The Labute approximate surface area is 149 Å². The van der Waals surface area contributed by atoms with Gasteiger partial charge < -0.3 is 30.4 Å². The molecule has 8 heteroatoms. The summed E-state index contributed by atoms with van der Waals surface area (Å²) in [4.78, 5) is 5.16. The van der Waals surface area contributed by atoms with Gasteiger partial charge >= 0.3 is 0 Å². The Balaban J connectivity index is 3.43. The Bertz CT molecular complexity index is 275. The summed E-state index contributed by atoms with van der Waals surface area (Å²) in [6, 6.07) is 0. The maximum Gasteiger partial charge on any atom is 0.111 e. The van der Waals surface area contributed by atoms with E-state index in [0.29, 0.717) is 6.61 Å². The van der Waals surface area contributed by atoms with E-state index in [0.717, 1.165) is 12.8 Å². The highest BCUT2D eigenvalue weighted by Crippen LogP contribution is 2.09. The Morgan fingerprint density at radius 3 is 2.17 bits per heavy atom. The first-order chi connectivity index (χ1) is 11.5. The molecule has 0 aliphatic heterocycles. The van der Waals surface area contributed by atoms with Gasteiger partial charge in [-0.05, 0) is 30.8 Å². The molecule has 24 heavy (non-hydrogen) atoms. The number of aliphatic hydroxyl groups excluding tert-OH is 5. The molecule has 0 spiro atoms. The van der Waals surface area contributed by atoms with Gasteiger partial charge in [-0.1, -0.05) is 26.2 Å². The largest absolute Gasteiger partial charge is 0.394 e. The number of unbranched alkanes of at least 4 members (excludes halogenated alkanes) is 4. The summed E-state index contributed by atoms with van der Waals surface area (Å²) in [7, 11) is 0. The van der Waals surface area contributed by atoms with Crippen molar-refractivity contribution in [3.05, 3.63) is 0 Å². The second kappa shape index (κ2) is 16.5. The van der Waals surface area contributed by atoms with Crippen molar-refractivity contribution in [1.29, 1.82) is 0 Å². The number of hydrogen-bond acceptors (Lipinski definition) is 8. The molecule has 0 aromatic heterocycles. The van der Waals surface area contributed by atoms with E-state index in [1.807, 2.05) is 11.8 Å². The fraction of sp³-hybridized carbons (Fsp3) is 1.00. The Kier molecular flexibility index (Phi) is 16.6. The molecule has 0 aliphatic rings. The van der Waals surface area contributed by atoms with Gasteiger partial charge in [0.2, 0.25) is 0 Å². The van der Waals surface area contributed by atoms with Crippen LogP contribution in [-0.2, 0) is 4.84 Å². The highest BCUT2D eigenvalue weighted by atomic mass is 32.2. The Hall–Kier alpha value is 0.0700. The minimum Gasteiger partial charge on any atom is -0.394 e. The zero-order chi connectivity index (χ0) is 18.2. The van der Waals surface area contributed by atoms with Crippen LogP contribution in [0.2, 0.25) is 0 Å². The molecule has 4 unspecified atom stereocenters. The highest BCUT2D eigenvalue weighted by Gasteiger charge is 2.29. The van der Waals surface area contributed by atoms with Crippen LogP contribution in [0.15, 0.2) is 0 Å². The summed E-state index contributed by atoms with van der Waals surface area (Å²) in [6.07, 6.45) is 0.959. The second-order valence-corrected chi connectivity index (χ2v) is 7.10. The molecule has 0 amide bonds. The zero-order valence-corrected chi connectivity index (χ0v) is 15.5. The third kappa shape index (κ3) is 12.4. The Morgan fingerprint density at radius 1 is 0.875 bits per heavy atom. The lowest BCUT2D eigenvalue weighted by molar-refractivity contribution is -0.121. The molecule has 7 nitrogen and oxygen atoms in total. The molecule has 0 aromatic carbocycles. The first-order valence-corrected chi connectivity index (χ1v) is 9.95. The van der Waals surface area contributed by atoms with Gasteiger partial charge in [-0.2, -0.15) is 17.2 Å². The monoisotopic (exact) mass is 369 g/mol. The first kappa shape index (κ1) is 24.1. The van der Waals surface area contributed by atoms with E-state index in [1.165, 1.54) is 37.2 Å². The van der Waals surface area contributed by atoms with Crippen LogP contribution < -0.4 is 5.48 Å². The number of hydrogen-bond donors (Lipinski definition) is 6. The van der Waals surface area contributed by atoms with Crippen molar-refractivity contribution in [3.63, 3.8) is 0 Å². The molecule has 0 rings (SSSR count). The third-order valence-electron chi connectivity index (χ3n) is 3.60. The van der Waals surface area contributed by atoms with Crippen molar-refractivity contribution in [2.24, 2.45) is 0 Å². The van der Waals surface area contributed by atoms with Crippen molar-refractivity contribution in [3.8, 4) is 0 Å². The number of aliphatic hydroxyl groups is 5. The fourth-order valence-electron chi connectivity index (χ4n) is 2.06. The Morgan fingerprint density at radius 2 is 1.50 bits per heavy atom. The van der Waals surface area contributed by atoms with E-state index >= 15 is 0 Å². The predicted octanol–water partition coefficient (Wildman–Crippen LogP) is 0.0372. The lowest BCUT2D eigenvalue weighted by atomic mass is 10.0. The average Bonchev–Trinajstić information content (AvgIpc) is 2.60. The van der Waals surface area contributed by atoms with E-state index in [1.54, 1.807) is 0 Å². The normalized spacial score (nSPS) is 16.8. The SMILES string of the molecule is CCCSCCCCCCCONCC(O)C(O)C(O)C(O)CO. The predicted molar refractivity (Wildman–Crippen MR) is 95.8 cm³/mol. The lowest BCUT2D eigenvalue weighted by Crippen LogP contribution is -2.49. The highest BCUT2D eigenvalue weighted by molar-refractivity contribution is 7.99. The van der Waals surface area contributed by atoms with Crippen LogP contribution in [0.1, 0.15) is 45.4 Å². The molecule has 0 aliphatic carbocycles. The number of thioether (sulfide) groups is 1. The van der Waals surface area contributed by atoms with Crippen LogP contribution in [0.5, 0.6) is 0 Å². The van der Waals surface area contributed by atoms with Crippen LogP contribution in [-0.4, -0.2) is 81.2 Å². The van der Waals surface area contributed by atoms with Crippen molar-refractivity contribution in [2.45, 2.75) is 69.9 Å². The van der Waals surface area contributed by atoms with Crippen molar-refractivity contribution in [2.75, 3.05) is 31.3 Å². The fourth-order valence-corrected chi connectivity index (χ4v) is 2.96. The summed E-state index contributed by atoms with van der Waals surface area (Å²) < 4.78 is 0. The van der Waals surface area contributed by atoms with Gasteiger partial charge in [-0.3, -0.25) is 0 Å². The maximum absolute atomic E-state index is 9.65. The van der Waals surface area contributed by atoms with Gasteiger partial charge in [-0.25, -0.2) is 0 Å². The molecule has 0 fully saturated rings. The van der Waals surface area contributed by atoms with Crippen LogP contribution in [0.4, 0.5) is 0 Å². The van der Waals surface area contributed by atoms with E-state index < -0.39 is 31.0 Å². The van der Waals surface area contributed by atoms with Gasteiger partial charge in [-0.15, -0.1) is 0 Å². The smallest absolute Gasteiger partial charge is 0.111 e. The lowest BCUT2D eigenvalue weighted by Gasteiger charge is -2.25. The van der Waals surface area contributed by atoms with Crippen molar-refractivity contribution >= 4 is 11.8 Å². The maximum atomic E-state index is 9.65. The molecule has 0 saturated carbocycles. The molecule has 0 radical (unpaired) electrons. The minimum atomic E-state index is -1.61. The molecule has 0 bridgehead atoms. The van der Waals surface area contributed by atoms with Crippen molar-refractivity contribution in [1.82, 2.24) is 5.48 Å². The van der Waals surface area contributed by atoms with E-state index in [2.05, 4.69) is 12.4 Å². The summed E-state index contributed by atoms with van der Waals surface area (Å²) in [5, 5.41) is 46.6. The molecular weight excluding hydrogens is 334 g/mol. The van der Waals surface area contributed by atoms with Crippen LogP contribution in [0.25, 0.3) is 0 Å². The van der Waals surface area contributed by atoms with Crippen LogP contribution in [0, 0.1) is 0 Å². The minimum absolute atomic E-state index is 0.0783. The van der Waals surface area contributed by atoms with Gasteiger partial charge in [0.05, 0.1) is 19.3 Å². The number of nitrogens with one attached hydrogen (secondary N) is 1. The van der Waals surface area contributed by atoms with Gasteiger partial charge in [0, 0.05) is 6.54 Å². The van der Waals surface area contributed by atoms with Gasteiger partial charge in [0.25, 0.3) is 0 Å². The third-order valence-corrected chi connectivity index (χ3v) is 4.88. The van der Waals surface area contributed by atoms with Gasteiger partial charge in [0.1, 0.15) is 18.3 Å². The summed E-state index contributed by atoms with van der Waals surface area (Å²) >= 11 is 2.01. The number of rotatable bonds is 17. The standard InChI is InChI=1S/C16H35NO6S/c1-2-9-24-10-7-5-3-4-6-8-23-17-11-13(19)15(21)16(22)14(20)12-18/h13-22H,2-12H2,1H3. The number of hydroxylamine groups is 1. The summed E-state index contributed by atoms with van der Waals surface area (Å²) in [5.41, 5.74) is 2.53. The molecular formula is C16H35NO6S. The zero-order valence-electron chi connectivity index (χ0n) is 14.6. The van der Waals surface area contributed by atoms with Crippen LogP contribution in [0.3, 0.4) is 0 Å². The van der Waals surface area contributed by atoms with E-state index in [9.17, 15) is 20.4 Å². The molecule has 146 valence electrons. The second-order valence-electron chi connectivity index (χ2n) is 5.88. The summed E-state index contributed by atoms with van der Waals surface area (Å²) in [6.45, 7) is 1.94. The van der Waals surface area contributed by atoms with E-state index in [4.69, 9.17) is 9.94 Å². The van der Waals surface area contributed by atoms with Crippen LogP contribution >= 0.6 is 11.8 Å². The molecule has 6 N–H and O–H groups in total. The molecule has 0 saturated heterocycles. The first-order valence-electron chi connectivity index (χ1n) is 8.80. The van der Waals surface area contributed by atoms with Crippen molar-refractivity contribution < 1.29 is 30.4 Å². The molecule has 0 aromatic rings. The summed E-state index contributed by atoms with van der Waals surface area (Å²) in [5.74, 6) is 2.49. The topological polar surface area (TPSA) is 122 Å². The molecule has 0 heterocycles. The van der Waals surface area contributed by atoms with Gasteiger partial charge in [0.15, 0.2) is 0 Å². The quantitative estimate of drug-likeness (QED) is 0.157. The van der Waals surface area contributed by atoms with E-state index in [-0.39, 0.29) is 6.54 Å². The molecule has 4 atom stereocenters.